The van der Waals surface area contributed by atoms with E-state index in [9.17, 15) is 9.59 Å². The first-order valence-corrected chi connectivity index (χ1v) is 10.1. The smallest absolute Gasteiger partial charge is 0.338 e. The number of carbonyl (C=O) groups is 2. The van der Waals surface area contributed by atoms with Crippen LogP contribution >= 0.6 is 0 Å². The van der Waals surface area contributed by atoms with Gasteiger partial charge in [-0.2, -0.15) is 0 Å². The fraction of sp³-hybridized carbons (Fsp3) is 0.111. The van der Waals surface area contributed by atoms with Crippen molar-refractivity contribution in [3.05, 3.63) is 103 Å². The summed E-state index contributed by atoms with van der Waals surface area (Å²) in [5, 5.41) is 0. The maximum atomic E-state index is 11.8. The summed E-state index contributed by atoms with van der Waals surface area (Å²) in [7, 11) is 0. The summed E-state index contributed by atoms with van der Waals surface area (Å²) in [6.45, 7) is 12.8. The standard InChI is InChI=1S/C27H25NO4/c1-6-26(29)31-24-13-9-21(10-14-24)28(23-8-7-19(4)20(5)17-23)22-11-15-25(16-12-22)32-27(30)18(2)3/h6-17H,1-2H2,3-5H3. The number of carbonyl (C=O) groups excluding carboxylic acids is 2. The second-order valence-electron chi connectivity index (χ2n) is 7.39. The number of rotatable bonds is 7. The summed E-state index contributed by atoms with van der Waals surface area (Å²) in [5.74, 6) is -0.105. The molecule has 3 aromatic rings. The van der Waals surface area contributed by atoms with E-state index in [2.05, 4.69) is 44.0 Å². The highest BCUT2D eigenvalue weighted by Crippen LogP contribution is 2.36. The Morgan fingerprint density at radius 3 is 1.75 bits per heavy atom. The fourth-order valence-corrected chi connectivity index (χ4v) is 2.99. The number of esters is 2. The third kappa shape index (κ3) is 5.32. The van der Waals surface area contributed by atoms with Crippen molar-refractivity contribution >= 4 is 29.0 Å². The van der Waals surface area contributed by atoms with Crippen LogP contribution in [0.15, 0.2) is 91.5 Å². The summed E-state index contributed by atoms with van der Waals surface area (Å²) in [5.41, 5.74) is 5.41. The Bertz CT molecular complexity index is 1160. The zero-order chi connectivity index (χ0) is 23.3. The summed E-state index contributed by atoms with van der Waals surface area (Å²) in [6, 6.07) is 20.7. The van der Waals surface area contributed by atoms with Gasteiger partial charge >= 0.3 is 11.9 Å². The normalized spacial score (nSPS) is 10.2. The molecule has 5 heteroatoms. The molecule has 3 rings (SSSR count). The Balaban J connectivity index is 1.98. The highest BCUT2D eigenvalue weighted by molar-refractivity contribution is 5.89. The summed E-state index contributed by atoms with van der Waals surface area (Å²) in [4.78, 5) is 25.3. The molecular formula is C27H25NO4. The maximum Gasteiger partial charge on any atom is 0.338 e. The predicted octanol–water partition coefficient (Wildman–Crippen LogP) is 6.35. The molecule has 0 unspecified atom stereocenters. The third-order valence-corrected chi connectivity index (χ3v) is 4.88. The Hall–Kier alpha value is -4.12. The third-order valence-electron chi connectivity index (χ3n) is 4.88. The maximum absolute atomic E-state index is 11.8. The van der Waals surface area contributed by atoms with Gasteiger partial charge in [0.25, 0.3) is 0 Å². The molecule has 0 aliphatic carbocycles. The van der Waals surface area contributed by atoms with E-state index >= 15 is 0 Å². The van der Waals surface area contributed by atoms with Gasteiger partial charge in [-0.25, -0.2) is 9.59 Å². The number of aryl methyl sites for hydroxylation is 2. The molecule has 0 spiro atoms. The van der Waals surface area contributed by atoms with Gasteiger partial charge in [-0.1, -0.05) is 19.2 Å². The van der Waals surface area contributed by atoms with Gasteiger partial charge in [-0.3, -0.25) is 0 Å². The van der Waals surface area contributed by atoms with Crippen molar-refractivity contribution in [1.29, 1.82) is 0 Å². The van der Waals surface area contributed by atoms with E-state index in [0.717, 1.165) is 28.7 Å². The Labute approximate surface area is 188 Å². The number of hydrogen-bond acceptors (Lipinski definition) is 5. The molecule has 0 atom stereocenters. The Kier molecular flexibility index (Phi) is 6.90. The van der Waals surface area contributed by atoms with Crippen molar-refractivity contribution in [2.24, 2.45) is 0 Å². The van der Waals surface area contributed by atoms with Gasteiger partial charge in [0.2, 0.25) is 0 Å². The van der Waals surface area contributed by atoms with Crippen molar-refractivity contribution in [2.75, 3.05) is 4.90 Å². The Morgan fingerprint density at radius 2 is 1.28 bits per heavy atom. The van der Waals surface area contributed by atoms with Crippen molar-refractivity contribution in [3.8, 4) is 11.5 Å². The first-order chi connectivity index (χ1) is 15.3. The zero-order valence-corrected chi connectivity index (χ0v) is 18.4. The van der Waals surface area contributed by atoms with Crippen LogP contribution in [0.2, 0.25) is 0 Å². The molecule has 0 radical (unpaired) electrons. The summed E-state index contributed by atoms with van der Waals surface area (Å²) < 4.78 is 10.5. The van der Waals surface area contributed by atoms with Crippen LogP contribution < -0.4 is 14.4 Å². The molecule has 32 heavy (non-hydrogen) atoms. The summed E-state index contributed by atoms with van der Waals surface area (Å²) >= 11 is 0. The van der Waals surface area contributed by atoms with E-state index in [-0.39, 0.29) is 0 Å². The number of nitrogens with zero attached hydrogens (tertiary/aromatic N) is 1. The molecule has 0 aliphatic rings. The molecule has 0 aliphatic heterocycles. The number of ether oxygens (including phenoxy) is 2. The molecule has 0 N–H and O–H groups in total. The monoisotopic (exact) mass is 427 g/mol. The minimum Gasteiger partial charge on any atom is -0.423 e. The quantitative estimate of drug-likeness (QED) is 0.250. The van der Waals surface area contributed by atoms with Gasteiger partial charge in [0.15, 0.2) is 0 Å². The van der Waals surface area contributed by atoms with Crippen LogP contribution in [-0.4, -0.2) is 11.9 Å². The average molecular weight is 428 g/mol. The van der Waals surface area contributed by atoms with Gasteiger partial charge in [-0.15, -0.1) is 0 Å². The lowest BCUT2D eigenvalue weighted by molar-refractivity contribution is -0.130. The van der Waals surface area contributed by atoms with Gasteiger partial charge in [0.1, 0.15) is 11.5 Å². The van der Waals surface area contributed by atoms with Crippen molar-refractivity contribution in [1.82, 2.24) is 0 Å². The van der Waals surface area contributed by atoms with E-state index in [0.29, 0.717) is 17.1 Å². The SMILES string of the molecule is C=CC(=O)Oc1ccc(N(c2ccc(OC(=O)C(=C)C)cc2)c2ccc(C)c(C)c2)cc1. The largest absolute Gasteiger partial charge is 0.423 e. The van der Waals surface area contributed by atoms with E-state index in [1.54, 1.807) is 31.2 Å². The van der Waals surface area contributed by atoms with Crippen LogP contribution in [0, 0.1) is 13.8 Å². The van der Waals surface area contributed by atoms with Crippen LogP contribution in [0.4, 0.5) is 17.1 Å². The van der Waals surface area contributed by atoms with Gasteiger partial charge in [-0.05, 0) is 92.6 Å². The fourth-order valence-electron chi connectivity index (χ4n) is 2.99. The minimum absolute atomic E-state index is 0.336. The Morgan fingerprint density at radius 1 is 0.781 bits per heavy atom. The highest BCUT2D eigenvalue weighted by atomic mass is 16.5. The molecule has 0 bridgehead atoms. The number of hydrogen-bond donors (Lipinski definition) is 0. The topological polar surface area (TPSA) is 55.8 Å². The molecule has 0 saturated heterocycles. The minimum atomic E-state index is -0.510. The van der Waals surface area contributed by atoms with Crippen LogP contribution in [0.25, 0.3) is 0 Å². The average Bonchev–Trinajstić information content (AvgIpc) is 2.78. The highest BCUT2D eigenvalue weighted by Gasteiger charge is 2.14. The number of anilines is 3. The predicted molar refractivity (Wildman–Crippen MR) is 127 cm³/mol. The molecule has 0 aromatic heterocycles. The van der Waals surface area contributed by atoms with Crippen molar-refractivity contribution in [3.63, 3.8) is 0 Å². The van der Waals surface area contributed by atoms with Crippen LogP contribution in [-0.2, 0) is 9.59 Å². The van der Waals surface area contributed by atoms with Crippen LogP contribution in [0.1, 0.15) is 18.1 Å². The molecule has 0 fully saturated rings. The van der Waals surface area contributed by atoms with Crippen LogP contribution in [0.3, 0.4) is 0 Å². The molecule has 0 amide bonds. The zero-order valence-electron chi connectivity index (χ0n) is 18.4. The molecule has 5 nitrogen and oxygen atoms in total. The van der Waals surface area contributed by atoms with Gasteiger partial charge in [0, 0.05) is 28.7 Å². The molecule has 0 saturated carbocycles. The van der Waals surface area contributed by atoms with E-state index < -0.39 is 11.9 Å². The first-order valence-electron chi connectivity index (χ1n) is 10.1. The van der Waals surface area contributed by atoms with Crippen molar-refractivity contribution in [2.45, 2.75) is 20.8 Å². The van der Waals surface area contributed by atoms with E-state index in [1.165, 1.54) is 5.56 Å². The second-order valence-corrected chi connectivity index (χ2v) is 7.39. The lowest BCUT2D eigenvalue weighted by Gasteiger charge is -2.26. The lowest BCUT2D eigenvalue weighted by Crippen LogP contribution is -2.11. The first kappa shape index (κ1) is 22.6. The van der Waals surface area contributed by atoms with Gasteiger partial charge in [0.05, 0.1) is 0 Å². The molecular weight excluding hydrogens is 402 g/mol. The molecule has 3 aromatic carbocycles. The van der Waals surface area contributed by atoms with Crippen molar-refractivity contribution < 1.29 is 19.1 Å². The van der Waals surface area contributed by atoms with E-state index in [1.807, 2.05) is 30.3 Å². The van der Waals surface area contributed by atoms with E-state index in [4.69, 9.17) is 9.47 Å². The van der Waals surface area contributed by atoms with Crippen LogP contribution in [0.5, 0.6) is 11.5 Å². The number of benzene rings is 3. The summed E-state index contributed by atoms with van der Waals surface area (Å²) in [6.07, 6.45) is 1.12. The second kappa shape index (κ2) is 9.79. The lowest BCUT2D eigenvalue weighted by atomic mass is 10.1. The molecule has 0 heterocycles. The van der Waals surface area contributed by atoms with Gasteiger partial charge < -0.3 is 14.4 Å². The molecule has 162 valence electrons.